The number of sulfonamides is 1. The molecule has 29 heavy (non-hydrogen) atoms. The molecule has 1 saturated heterocycles. The van der Waals surface area contributed by atoms with E-state index >= 15 is 0 Å². The first kappa shape index (κ1) is 19.7. The van der Waals surface area contributed by atoms with Crippen LogP contribution < -0.4 is 10.0 Å². The number of ether oxygens (including phenoxy) is 1. The van der Waals surface area contributed by atoms with Crippen molar-refractivity contribution in [1.29, 1.82) is 0 Å². The summed E-state index contributed by atoms with van der Waals surface area (Å²) in [5.41, 5.74) is 0.188. The van der Waals surface area contributed by atoms with Gasteiger partial charge in [-0.05, 0) is 32.1 Å². The highest BCUT2D eigenvalue weighted by atomic mass is 32.2. The van der Waals surface area contributed by atoms with Gasteiger partial charge in [-0.25, -0.2) is 21.9 Å². The molecule has 1 aromatic carbocycles. The van der Waals surface area contributed by atoms with Crippen molar-refractivity contribution in [1.82, 2.24) is 9.29 Å². The Hall–Kier alpha value is -2.56. The second kappa shape index (κ2) is 6.75. The van der Waals surface area contributed by atoms with Gasteiger partial charge in [0.05, 0.1) is 24.4 Å². The van der Waals surface area contributed by atoms with Gasteiger partial charge in [0, 0.05) is 23.9 Å². The number of carbonyl (C=O) groups is 1. The fourth-order valence-electron chi connectivity index (χ4n) is 3.61. The summed E-state index contributed by atoms with van der Waals surface area (Å²) in [6.07, 6.45) is 3.39. The molecule has 0 bridgehead atoms. The van der Waals surface area contributed by atoms with E-state index in [1.54, 1.807) is 30.6 Å². The SMILES string of the molecule is Cc1c(S(=O)(=O)NC2(C)COC2)c2n(c1C(=O)Nc1ccc(F)c(F)c1)CC=C2. The van der Waals surface area contributed by atoms with Crippen LogP contribution in [0.5, 0.6) is 0 Å². The number of hydrogen-bond acceptors (Lipinski definition) is 4. The Morgan fingerprint density at radius 2 is 1.97 bits per heavy atom. The van der Waals surface area contributed by atoms with E-state index < -0.39 is 33.1 Å². The maximum absolute atomic E-state index is 13.4. The molecule has 154 valence electrons. The zero-order valence-electron chi connectivity index (χ0n) is 15.8. The number of rotatable bonds is 5. The number of allylic oxidation sites excluding steroid dienone is 1. The van der Waals surface area contributed by atoms with Gasteiger partial charge in [-0.2, -0.15) is 0 Å². The van der Waals surface area contributed by atoms with E-state index in [0.29, 0.717) is 12.2 Å². The Bertz CT molecular complexity index is 1150. The third-order valence-corrected chi connectivity index (χ3v) is 6.75. The average Bonchev–Trinajstić information content (AvgIpc) is 3.15. The van der Waals surface area contributed by atoms with Crippen LogP contribution in [-0.4, -0.2) is 37.6 Å². The van der Waals surface area contributed by atoms with Crippen LogP contribution in [0.25, 0.3) is 6.08 Å². The quantitative estimate of drug-likeness (QED) is 0.773. The number of anilines is 1. The van der Waals surface area contributed by atoms with Gasteiger partial charge < -0.3 is 14.6 Å². The molecule has 1 fully saturated rings. The zero-order chi connectivity index (χ0) is 21.0. The number of nitrogens with zero attached hydrogens (tertiary/aromatic N) is 1. The summed E-state index contributed by atoms with van der Waals surface area (Å²) in [7, 11) is -3.92. The van der Waals surface area contributed by atoms with Gasteiger partial charge in [0.25, 0.3) is 5.91 Å². The molecule has 7 nitrogen and oxygen atoms in total. The first-order valence-electron chi connectivity index (χ1n) is 8.89. The third-order valence-electron chi connectivity index (χ3n) is 4.94. The molecule has 0 unspecified atom stereocenters. The Morgan fingerprint density at radius 3 is 2.59 bits per heavy atom. The highest BCUT2D eigenvalue weighted by Crippen LogP contribution is 2.33. The lowest BCUT2D eigenvalue weighted by molar-refractivity contribution is -0.0523. The minimum Gasteiger partial charge on any atom is -0.377 e. The zero-order valence-corrected chi connectivity index (χ0v) is 16.6. The largest absolute Gasteiger partial charge is 0.377 e. The van der Waals surface area contributed by atoms with E-state index in [1.165, 1.54) is 6.07 Å². The summed E-state index contributed by atoms with van der Waals surface area (Å²) < 4.78 is 62.0. The molecule has 0 spiro atoms. The summed E-state index contributed by atoms with van der Waals surface area (Å²) >= 11 is 0. The number of carbonyl (C=O) groups excluding carboxylic acids is 1. The van der Waals surface area contributed by atoms with Crippen molar-refractivity contribution in [3.05, 3.63) is 52.9 Å². The first-order valence-corrected chi connectivity index (χ1v) is 10.4. The van der Waals surface area contributed by atoms with Gasteiger partial charge in [0.1, 0.15) is 10.6 Å². The Labute approximate surface area is 166 Å². The fraction of sp³-hybridized carbons (Fsp3) is 0.316. The van der Waals surface area contributed by atoms with Crippen molar-refractivity contribution < 1.29 is 26.7 Å². The topological polar surface area (TPSA) is 89.4 Å². The summed E-state index contributed by atoms with van der Waals surface area (Å²) in [6.45, 7) is 4.15. The fourth-order valence-corrected chi connectivity index (χ4v) is 5.43. The number of hydrogen-bond donors (Lipinski definition) is 2. The van der Waals surface area contributed by atoms with Crippen molar-refractivity contribution in [2.75, 3.05) is 18.5 Å². The molecule has 2 aromatic rings. The van der Waals surface area contributed by atoms with Crippen LogP contribution in [0.15, 0.2) is 29.2 Å². The van der Waals surface area contributed by atoms with Gasteiger partial charge in [-0.3, -0.25) is 4.79 Å². The second-order valence-corrected chi connectivity index (χ2v) is 9.06. The normalized spacial score (nSPS) is 17.1. The second-order valence-electron chi connectivity index (χ2n) is 7.44. The molecular formula is C19H19F2N3O4S. The summed E-state index contributed by atoms with van der Waals surface area (Å²) in [5.74, 6) is -2.73. The molecule has 2 aliphatic rings. The molecule has 2 N–H and O–H groups in total. The molecule has 10 heteroatoms. The van der Waals surface area contributed by atoms with Crippen molar-refractivity contribution >= 4 is 27.7 Å². The number of fused-ring (bicyclic) bond motifs is 1. The average molecular weight is 423 g/mol. The summed E-state index contributed by atoms with van der Waals surface area (Å²) in [4.78, 5) is 12.9. The number of aromatic nitrogens is 1. The van der Waals surface area contributed by atoms with E-state index in [1.807, 2.05) is 0 Å². The van der Waals surface area contributed by atoms with E-state index in [0.717, 1.165) is 12.1 Å². The van der Waals surface area contributed by atoms with Crippen molar-refractivity contribution in [2.24, 2.45) is 0 Å². The molecule has 1 aromatic heterocycles. The van der Waals surface area contributed by atoms with Crippen LogP contribution in [0.2, 0.25) is 0 Å². The lowest BCUT2D eigenvalue weighted by atomic mass is 10.0. The monoisotopic (exact) mass is 423 g/mol. The predicted octanol–water partition coefficient (Wildman–Crippen LogP) is 2.42. The van der Waals surface area contributed by atoms with Crippen LogP contribution in [0.4, 0.5) is 14.5 Å². The number of benzene rings is 1. The standard InChI is InChI=1S/C19H19F2N3O4S/c1-11-16(18(25)22-12-5-6-13(20)14(21)8-12)24-7-3-4-15(24)17(11)29(26,27)23-19(2)9-28-10-19/h3-6,8,23H,7,9-10H2,1-2H3,(H,22,25). The molecule has 4 rings (SSSR count). The smallest absolute Gasteiger partial charge is 0.272 e. The maximum atomic E-state index is 13.4. The molecule has 1 amide bonds. The van der Waals surface area contributed by atoms with Gasteiger partial charge in [-0.15, -0.1) is 0 Å². The Morgan fingerprint density at radius 1 is 1.24 bits per heavy atom. The van der Waals surface area contributed by atoms with Crippen LogP contribution in [-0.2, 0) is 21.3 Å². The van der Waals surface area contributed by atoms with Gasteiger partial charge in [-0.1, -0.05) is 6.08 Å². The first-order chi connectivity index (χ1) is 13.6. The van der Waals surface area contributed by atoms with Crippen molar-refractivity contribution in [3.8, 4) is 0 Å². The van der Waals surface area contributed by atoms with E-state index in [4.69, 9.17) is 4.74 Å². The molecule has 2 aliphatic heterocycles. The Kier molecular flexibility index (Phi) is 4.60. The highest BCUT2D eigenvalue weighted by Gasteiger charge is 2.40. The molecule has 0 atom stereocenters. The van der Waals surface area contributed by atoms with Gasteiger partial charge >= 0.3 is 0 Å². The minimum atomic E-state index is -3.92. The van der Waals surface area contributed by atoms with E-state index in [-0.39, 0.29) is 35.1 Å². The summed E-state index contributed by atoms with van der Waals surface area (Å²) in [5, 5.41) is 2.50. The number of amides is 1. The van der Waals surface area contributed by atoms with Crippen LogP contribution in [0.3, 0.4) is 0 Å². The van der Waals surface area contributed by atoms with Gasteiger partial charge in [0.15, 0.2) is 11.6 Å². The summed E-state index contributed by atoms with van der Waals surface area (Å²) in [6, 6.07) is 3.00. The molecular weight excluding hydrogens is 404 g/mol. The van der Waals surface area contributed by atoms with Crippen LogP contribution in [0, 0.1) is 18.6 Å². The van der Waals surface area contributed by atoms with Crippen LogP contribution >= 0.6 is 0 Å². The van der Waals surface area contributed by atoms with Crippen molar-refractivity contribution in [3.63, 3.8) is 0 Å². The molecule has 0 saturated carbocycles. The predicted molar refractivity (Wildman–Crippen MR) is 102 cm³/mol. The Balaban J connectivity index is 1.71. The van der Waals surface area contributed by atoms with Gasteiger partial charge in [0.2, 0.25) is 10.0 Å². The molecule has 3 heterocycles. The van der Waals surface area contributed by atoms with Crippen LogP contribution in [0.1, 0.15) is 28.7 Å². The maximum Gasteiger partial charge on any atom is 0.272 e. The third kappa shape index (κ3) is 3.37. The number of nitrogens with one attached hydrogen (secondary N) is 2. The lowest BCUT2D eigenvalue weighted by Crippen LogP contribution is -2.59. The molecule has 0 aliphatic carbocycles. The van der Waals surface area contributed by atoms with Crippen molar-refractivity contribution in [2.45, 2.75) is 30.8 Å². The van der Waals surface area contributed by atoms with E-state index in [9.17, 15) is 22.0 Å². The highest BCUT2D eigenvalue weighted by molar-refractivity contribution is 7.89. The minimum absolute atomic E-state index is 0.0230. The lowest BCUT2D eigenvalue weighted by Gasteiger charge is -2.38. The number of halogens is 2. The van der Waals surface area contributed by atoms with E-state index in [2.05, 4.69) is 10.0 Å². The molecule has 0 radical (unpaired) electrons.